The summed E-state index contributed by atoms with van der Waals surface area (Å²) in [5.74, 6) is 0.944. The van der Waals surface area contributed by atoms with E-state index in [1.807, 2.05) is 23.6 Å². The molecule has 80 valence electrons. The smallest absolute Gasteiger partial charge is 0.161 e. The first kappa shape index (κ1) is 10.1. The van der Waals surface area contributed by atoms with Crippen LogP contribution in [0.1, 0.15) is 24.7 Å². The summed E-state index contributed by atoms with van der Waals surface area (Å²) in [7, 11) is 0. The maximum Gasteiger partial charge on any atom is 0.161 e. The molecule has 15 heavy (non-hydrogen) atoms. The fraction of sp³-hybridized carbons (Fsp3) is 0.455. The summed E-state index contributed by atoms with van der Waals surface area (Å²) in [6, 6.07) is 4.24. The van der Waals surface area contributed by atoms with E-state index in [1.165, 1.54) is 5.56 Å². The average molecular weight is 204 g/mol. The lowest BCUT2D eigenvalue weighted by molar-refractivity contribution is 0.620. The highest BCUT2D eigenvalue weighted by atomic mass is 15.2. The van der Waals surface area contributed by atoms with Crippen molar-refractivity contribution in [3.63, 3.8) is 0 Å². The molecule has 1 atom stereocenters. The number of pyridine rings is 1. The van der Waals surface area contributed by atoms with E-state index in [-0.39, 0.29) is 6.04 Å². The molecule has 0 aliphatic rings. The molecular weight excluding hydrogens is 188 g/mol. The Morgan fingerprint density at radius 2 is 2.27 bits per heavy atom. The van der Waals surface area contributed by atoms with Gasteiger partial charge < -0.3 is 5.73 Å². The van der Waals surface area contributed by atoms with Gasteiger partial charge >= 0.3 is 0 Å². The van der Waals surface area contributed by atoms with Crippen LogP contribution in [0.25, 0.3) is 5.65 Å². The molecule has 2 rings (SSSR count). The van der Waals surface area contributed by atoms with E-state index in [4.69, 9.17) is 5.73 Å². The zero-order valence-electron chi connectivity index (χ0n) is 9.14. The molecule has 0 aromatic carbocycles. The van der Waals surface area contributed by atoms with Crippen molar-refractivity contribution in [2.24, 2.45) is 5.73 Å². The molecule has 0 saturated heterocycles. The summed E-state index contributed by atoms with van der Waals surface area (Å²) in [6.07, 6.45) is 3.74. The number of fused-ring (bicyclic) bond motifs is 1. The molecule has 0 saturated carbocycles. The van der Waals surface area contributed by atoms with Gasteiger partial charge in [-0.05, 0) is 31.0 Å². The fourth-order valence-corrected chi connectivity index (χ4v) is 1.56. The summed E-state index contributed by atoms with van der Waals surface area (Å²) in [4.78, 5) is 0. The van der Waals surface area contributed by atoms with Gasteiger partial charge in [-0.3, -0.25) is 4.40 Å². The Morgan fingerprint density at radius 1 is 1.47 bits per heavy atom. The average Bonchev–Trinajstić information content (AvgIpc) is 2.60. The molecule has 4 nitrogen and oxygen atoms in total. The van der Waals surface area contributed by atoms with Crippen LogP contribution in [-0.4, -0.2) is 20.6 Å². The SMILES string of the molecule is CCC(N)Cc1nnc2cc(C)ccn12. The molecule has 2 aromatic rings. The first-order chi connectivity index (χ1) is 7.20. The topological polar surface area (TPSA) is 56.2 Å². The summed E-state index contributed by atoms with van der Waals surface area (Å²) in [5.41, 5.74) is 8.00. The summed E-state index contributed by atoms with van der Waals surface area (Å²) in [5, 5.41) is 8.28. The van der Waals surface area contributed by atoms with Crippen molar-refractivity contribution in [3.05, 3.63) is 29.7 Å². The molecule has 0 aliphatic heterocycles. The minimum atomic E-state index is 0.165. The van der Waals surface area contributed by atoms with Gasteiger partial charge in [0, 0.05) is 18.7 Å². The van der Waals surface area contributed by atoms with Crippen LogP contribution < -0.4 is 5.73 Å². The lowest BCUT2D eigenvalue weighted by atomic mass is 10.1. The van der Waals surface area contributed by atoms with Crippen molar-refractivity contribution in [2.45, 2.75) is 32.7 Å². The molecule has 0 radical (unpaired) electrons. The molecule has 2 aromatic heterocycles. The predicted molar refractivity (Wildman–Crippen MR) is 59.7 cm³/mol. The summed E-state index contributed by atoms with van der Waals surface area (Å²) in [6.45, 7) is 4.13. The first-order valence-corrected chi connectivity index (χ1v) is 5.26. The number of aromatic nitrogens is 3. The van der Waals surface area contributed by atoms with Crippen LogP contribution in [0.3, 0.4) is 0 Å². The molecule has 2 heterocycles. The molecule has 0 amide bonds. The Morgan fingerprint density at radius 3 is 3.00 bits per heavy atom. The van der Waals surface area contributed by atoms with Crippen LogP contribution in [0, 0.1) is 6.92 Å². The lowest BCUT2D eigenvalue weighted by Crippen LogP contribution is -2.22. The number of nitrogens with two attached hydrogens (primary N) is 1. The van der Waals surface area contributed by atoms with Gasteiger partial charge in [-0.2, -0.15) is 0 Å². The summed E-state index contributed by atoms with van der Waals surface area (Å²) >= 11 is 0. The third-order valence-corrected chi connectivity index (χ3v) is 2.61. The molecular formula is C11H16N4. The van der Waals surface area contributed by atoms with Crippen molar-refractivity contribution in [2.75, 3.05) is 0 Å². The minimum Gasteiger partial charge on any atom is -0.327 e. The van der Waals surface area contributed by atoms with Crippen LogP contribution in [0.5, 0.6) is 0 Å². The second kappa shape index (κ2) is 3.98. The van der Waals surface area contributed by atoms with Crippen molar-refractivity contribution in [3.8, 4) is 0 Å². The highest BCUT2D eigenvalue weighted by Gasteiger charge is 2.08. The van der Waals surface area contributed by atoms with Gasteiger partial charge in [0.25, 0.3) is 0 Å². The van der Waals surface area contributed by atoms with Gasteiger partial charge in [0.05, 0.1) is 0 Å². The van der Waals surface area contributed by atoms with Gasteiger partial charge in [-0.15, -0.1) is 10.2 Å². The van der Waals surface area contributed by atoms with Crippen LogP contribution in [0.15, 0.2) is 18.3 Å². The Labute approximate surface area is 89.1 Å². The Bertz CT molecular complexity index is 461. The highest BCUT2D eigenvalue weighted by Crippen LogP contribution is 2.08. The third-order valence-electron chi connectivity index (χ3n) is 2.61. The number of hydrogen-bond donors (Lipinski definition) is 1. The van der Waals surface area contributed by atoms with Gasteiger partial charge in [0.1, 0.15) is 5.82 Å². The Balaban J connectivity index is 2.36. The number of nitrogens with zero attached hydrogens (tertiary/aromatic N) is 3. The zero-order valence-corrected chi connectivity index (χ0v) is 9.14. The molecule has 4 heteroatoms. The lowest BCUT2D eigenvalue weighted by Gasteiger charge is -2.06. The number of aryl methyl sites for hydroxylation is 1. The molecule has 1 unspecified atom stereocenters. The molecule has 0 aliphatic carbocycles. The van der Waals surface area contributed by atoms with Crippen LogP contribution in [-0.2, 0) is 6.42 Å². The van der Waals surface area contributed by atoms with Crippen LogP contribution >= 0.6 is 0 Å². The quantitative estimate of drug-likeness (QED) is 0.820. The van der Waals surface area contributed by atoms with Crippen molar-refractivity contribution >= 4 is 5.65 Å². The van der Waals surface area contributed by atoms with E-state index in [1.54, 1.807) is 0 Å². The first-order valence-electron chi connectivity index (χ1n) is 5.26. The second-order valence-electron chi connectivity index (χ2n) is 3.92. The van der Waals surface area contributed by atoms with E-state index < -0.39 is 0 Å². The number of hydrogen-bond acceptors (Lipinski definition) is 3. The Kier molecular flexibility index (Phi) is 2.68. The molecule has 0 fully saturated rings. The van der Waals surface area contributed by atoms with Crippen LogP contribution in [0.4, 0.5) is 0 Å². The van der Waals surface area contributed by atoms with Crippen LogP contribution in [0.2, 0.25) is 0 Å². The fourth-order valence-electron chi connectivity index (χ4n) is 1.56. The standard InChI is InChI=1S/C11H16N4/c1-3-9(12)7-11-14-13-10-6-8(2)4-5-15(10)11/h4-6,9H,3,7,12H2,1-2H3. The summed E-state index contributed by atoms with van der Waals surface area (Å²) < 4.78 is 2.00. The van der Waals surface area contributed by atoms with Crippen molar-refractivity contribution < 1.29 is 0 Å². The van der Waals surface area contributed by atoms with E-state index in [9.17, 15) is 0 Å². The molecule has 0 bridgehead atoms. The van der Waals surface area contributed by atoms with Crippen molar-refractivity contribution in [1.29, 1.82) is 0 Å². The third kappa shape index (κ3) is 1.99. The van der Waals surface area contributed by atoms with Gasteiger partial charge in [-0.1, -0.05) is 6.92 Å². The second-order valence-corrected chi connectivity index (χ2v) is 3.92. The largest absolute Gasteiger partial charge is 0.327 e. The normalized spacial score (nSPS) is 13.3. The number of rotatable bonds is 3. The molecule has 0 spiro atoms. The van der Waals surface area contributed by atoms with Gasteiger partial charge in [0.15, 0.2) is 5.65 Å². The van der Waals surface area contributed by atoms with Gasteiger partial charge in [-0.25, -0.2) is 0 Å². The Hall–Kier alpha value is -1.42. The van der Waals surface area contributed by atoms with E-state index in [0.717, 1.165) is 24.3 Å². The monoisotopic (exact) mass is 204 g/mol. The molecule has 2 N–H and O–H groups in total. The maximum absolute atomic E-state index is 5.90. The van der Waals surface area contributed by atoms with Crippen molar-refractivity contribution in [1.82, 2.24) is 14.6 Å². The van der Waals surface area contributed by atoms with E-state index >= 15 is 0 Å². The van der Waals surface area contributed by atoms with E-state index in [0.29, 0.717) is 0 Å². The van der Waals surface area contributed by atoms with Gasteiger partial charge in [0.2, 0.25) is 0 Å². The maximum atomic E-state index is 5.90. The minimum absolute atomic E-state index is 0.165. The highest BCUT2D eigenvalue weighted by molar-refractivity contribution is 5.40. The zero-order chi connectivity index (χ0) is 10.8. The predicted octanol–water partition coefficient (Wildman–Crippen LogP) is 1.32. The van der Waals surface area contributed by atoms with E-state index in [2.05, 4.69) is 23.2 Å².